The van der Waals surface area contributed by atoms with Crippen molar-refractivity contribution in [2.75, 3.05) is 6.54 Å². The number of carbonyl (C=O) groups excluding carboxylic acids is 2. The van der Waals surface area contributed by atoms with Crippen LogP contribution in [0.25, 0.3) is 0 Å². The van der Waals surface area contributed by atoms with E-state index >= 15 is 0 Å². The molecule has 4 heteroatoms. The Labute approximate surface area is 109 Å². The normalized spacial score (nSPS) is 26.4. The predicted molar refractivity (Wildman–Crippen MR) is 70.0 cm³/mol. The lowest BCUT2D eigenvalue weighted by Gasteiger charge is -2.24. The molecule has 1 saturated heterocycles. The minimum absolute atomic E-state index is 0.00356. The van der Waals surface area contributed by atoms with Crippen molar-refractivity contribution in [3.63, 3.8) is 0 Å². The maximum Gasteiger partial charge on any atom is 0.247 e. The Morgan fingerprint density at radius 1 is 1.22 bits per heavy atom. The number of hydrogen-bond acceptors (Lipinski definition) is 3. The van der Waals surface area contributed by atoms with E-state index in [0.717, 1.165) is 32.2 Å². The third kappa shape index (κ3) is 2.91. The van der Waals surface area contributed by atoms with Crippen molar-refractivity contribution in [2.45, 2.75) is 65.0 Å². The average molecular weight is 252 g/mol. The van der Waals surface area contributed by atoms with Gasteiger partial charge in [-0.15, -0.1) is 0 Å². The van der Waals surface area contributed by atoms with Gasteiger partial charge < -0.3 is 5.32 Å². The number of nitrogens with zero attached hydrogens (tertiary/aromatic N) is 1. The molecule has 0 bridgehead atoms. The van der Waals surface area contributed by atoms with Crippen LogP contribution in [-0.4, -0.2) is 35.3 Å². The molecule has 0 aromatic rings. The summed E-state index contributed by atoms with van der Waals surface area (Å²) in [6.07, 6.45) is 4.60. The first-order chi connectivity index (χ1) is 8.38. The highest BCUT2D eigenvalue weighted by Gasteiger charge is 2.42. The van der Waals surface area contributed by atoms with Crippen molar-refractivity contribution in [2.24, 2.45) is 5.41 Å². The summed E-state index contributed by atoms with van der Waals surface area (Å²) in [4.78, 5) is 25.8. The first kappa shape index (κ1) is 13.5. The second kappa shape index (κ2) is 5.00. The van der Waals surface area contributed by atoms with Crippen LogP contribution < -0.4 is 5.32 Å². The Hall–Kier alpha value is -0.900. The first-order valence-corrected chi connectivity index (χ1v) is 6.98. The molecule has 1 atom stereocenters. The summed E-state index contributed by atoms with van der Waals surface area (Å²) in [5, 5.41) is 3.24. The van der Waals surface area contributed by atoms with E-state index in [0.29, 0.717) is 6.42 Å². The topological polar surface area (TPSA) is 49.4 Å². The van der Waals surface area contributed by atoms with Gasteiger partial charge in [0.15, 0.2) is 0 Å². The molecule has 0 radical (unpaired) electrons. The number of rotatable bonds is 3. The van der Waals surface area contributed by atoms with Crippen molar-refractivity contribution in [1.29, 1.82) is 0 Å². The summed E-state index contributed by atoms with van der Waals surface area (Å²) < 4.78 is 0. The summed E-state index contributed by atoms with van der Waals surface area (Å²) in [7, 11) is 0. The maximum atomic E-state index is 12.3. The van der Waals surface area contributed by atoms with Crippen LogP contribution in [0.2, 0.25) is 0 Å². The van der Waals surface area contributed by atoms with Crippen LogP contribution in [0.15, 0.2) is 0 Å². The van der Waals surface area contributed by atoms with Crippen molar-refractivity contribution < 1.29 is 9.59 Å². The van der Waals surface area contributed by atoms with Gasteiger partial charge in [0.1, 0.15) is 0 Å². The van der Waals surface area contributed by atoms with Gasteiger partial charge in [0.05, 0.1) is 12.5 Å². The highest BCUT2D eigenvalue weighted by Crippen LogP contribution is 2.28. The predicted octanol–water partition coefficient (Wildman–Crippen LogP) is 1.69. The molecule has 1 heterocycles. The fraction of sp³-hybridized carbons (Fsp3) is 0.857. The highest BCUT2D eigenvalue weighted by atomic mass is 16.2. The van der Waals surface area contributed by atoms with Crippen LogP contribution in [-0.2, 0) is 9.59 Å². The average Bonchev–Trinajstić information content (AvgIpc) is 2.83. The third-order valence-corrected chi connectivity index (χ3v) is 3.75. The molecule has 2 amide bonds. The van der Waals surface area contributed by atoms with Crippen LogP contribution in [0.3, 0.4) is 0 Å². The maximum absolute atomic E-state index is 12.3. The number of likely N-dealkylation sites (tertiary alicyclic amines) is 1. The zero-order chi connectivity index (χ0) is 13.3. The summed E-state index contributed by atoms with van der Waals surface area (Å²) in [6, 6.07) is -0.122. The Balaban J connectivity index is 1.96. The van der Waals surface area contributed by atoms with Crippen LogP contribution in [0, 0.1) is 5.41 Å². The van der Waals surface area contributed by atoms with Crippen molar-refractivity contribution in [3.8, 4) is 0 Å². The molecule has 0 aromatic heterocycles. The van der Waals surface area contributed by atoms with Crippen LogP contribution >= 0.6 is 0 Å². The van der Waals surface area contributed by atoms with Gasteiger partial charge in [-0.05, 0) is 18.3 Å². The molecule has 2 rings (SSSR count). The zero-order valence-corrected chi connectivity index (χ0v) is 11.7. The highest BCUT2D eigenvalue weighted by molar-refractivity contribution is 6.05. The van der Waals surface area contributed by atoms with Gasteiger partial charge >= 0.3 is 0 Å². The smallest absolute Gasteiger partial charge is 0.247 e. The Morgan fingerprint density at radius 3 is 2.39 bits per heavy atom. The fourth-order valence-corrected chi connectivity index (χ4v) is 2.79. The molecule has 18 heavy (non-hydrogen) atoms. The molecule has 102 valence electrons. The molecular weight excluding hydrogens is 228 g/mol. The Kier molecular flexibility index (Phi) is 3.76. The van der Waals surface area contributed by atoms with E-state index in [1.54, 1.807) is 0 Å². The van der Waals surface area contributed by atoms with Gasteiger partial charge in [0.2, 0.25) is 11.8 Å². The fourth-order valence-electron chi connectivity index (χ4n) is 2.79. The lowest BCUT2D eigenvalue weighted by molar-refractivity contribution is -0.141. The van der Waals surface area contributed by atoms with E-state index in [4.69, 9.17) is 0 Å². The summed E-state index contributed by atoms with van der Waals surface area (Å²) in [5.41, 5.74) is 0.129. The summed E-state index contributed by atoms with van der Waals surface area (Å²) in [5.74, 6) is 0.00876. The van der Waals surface area contributed by atoms with Gasteiger partial charge in [-0.3, -0.25) is 14.5 Å². The monoisotopic (exact) mass is 252 g/mol. The number of imide groups is 1. The molecule has 2 fully saturated rings. The molecule has 0 aromatic carbocycles. The molecule has 2 aliphatic rings. The van der Waals surface area contributed by atoms with E-state index in [-0.39, 0.29) is 29.3 Å². The Morgan fingerprint density at radius 2 is 1.83 bits per heavy atom. The lowest BCUT2D eigenvalue weighted by Crippen LogP contribution is -2.44. The van der Waals surface area contributed by atoms with Gasteiger partial charge in [-0.25, -0.2) is 0 Å². The van der Waals surface area contributed by atoms with Crippen molar-refractivity contribution in [1.82, 2.24) is 10.2 Å². The van der Waals surface area contributed by atoms with Crippen molar-refractivity contribution in [3.05, 3.63) is 0 Å². The summed E-state index contributed by atoms with van der Waals surface area (Å²) in [6.45, 7) is 7.12. The number of carbonyl (C=O) groups is 2. The molecule has 1 N–H and O–H groups in total. The standard InChI is InChI=1S/C14H24N2O2/c1-14(2,3)9-15-11-8-12(17)16(13(11)18)10-6-4-5-7-10/h10-11,15H,4-9H2,1-3H3. The van der Waals surface area contributed by atoms with E-state index in [9.17, 15) is 9.59 Å². The SMILES string of the molecule is CC(C)(C)CNC1CC(=O)N(C2CCCC2)C1=O. The van der Waals surface area contributed by atoms with E-state index < -0.39 is 0 Å². The van der Waals surface area contributed by atoms with Crippen LogP contribution in [0.4, 0.5) is 0 Å². The molecule has 1 saturated carbocycles. The van der Waals surface area contributed by atoms with E-state index in [1.807, 2.05) is 0 Å². The van der Waals surface area contributed by atoms with Gasteiger partial charge in [0.25, 0.3) is 0 Å². The molecule has 0 spiro atoms. The van der Waals surface area contributed by atoms with Crippen molar-refractivity contribution >= 4 is 11.8 Å². The van der Waals surface area contributed by atoms with Crippen LogP contribution in [0.5, 0.6) is 0 Å². The quantitative estimate of drug-likeness (QED) is 0.778. The van der Waals surface area contributed by atoms with Gasteiger partial charge in [-0.2, -0.15) is 0 Å². The molecule has 1 unspecified atom stereocenters. The van der Waals surface area contributed by atoms with Crippen LogP contribution in [0.1, 0.15) is 52.9 Å². The number of amides is 2. The zero-order valence-electron chi connectivity index (χ0n) is 11.7. The molecule has 1 aliphatic carbocycles. The molecular formula is C14H24N2O2. The Bertz CT molecular complexity index is 340. The second-order valence-electron chi connectivity index (χ2n) is 6.74. The largest absolute Gasteiger partial charge is 0.305 e. The number of nitrogens with one attached hydrogen (secondary N) is 1. The summed E-state index contributed by atoms with van der Waals surface area (Å²) >= 11 is 0. The number of hydrogen-bond donors (Lipinski definition) is 1. The van der Waals surface area contributed by atoms with E-state index in [1.165, 1.54) is 4.90 Å². The first-order valence-electron chi connectivity index (χ1n) is 6.98. The molecule has 1 aliphatic heterocycles. The third-order valence-electron chi connectivity index (χ3n) is 3.75. The van der Waals surface area contributed by atoms with Gasteiger partial charge in [0, 0.05) is 12.6 Å². The molecule has 4 nitrogen and oxygen atoms in total. The van der Waals surface area contributed by atoms with Gasteiger partial charge in [-0.1, -0.05) is 33.6 Å². The van der Waals surface area contributed by atoms with E-state index in [2.05, 4.69) is 26.1 Å². The lowest BCUT2D eigenvalue weighted by atomic mass is 9.96. The minimum Gasteiger partial charge on any atom is -0.305 e. The minimum atomic E-state index is -0.294. The second-order valence-corrected chi connectivity index (χ2v) is 6.74.